The summed E-state index contributed by atoms with van der Waals surface area (Å²) in [5, 5.41) is 0. The van der Waals surface area contributed by atoms with Crippen molar-refractivity contribution in [2.24, 2.45) is 5.73 Å². The number of carbonyl (C=O) groups excluding carboxylic acids is 1. The fourth-order valence-electron chi connectivity index (χ4n) is 1.05. The SMILES string of the molecule is NC(C=O)c1ccc(F)c(C(F)(F)F)c1. The Morgan fingerprint density at radius 3 is 2.40 bits per heavy atom. The minimum absolute atomic E-state index is 0.0706. The molecule has 0 fully saturated rings. The molecule has 0 saturated heterocycles. The summed E-state index contributed by atoms with van der Waals surface area (Å²) in [6.45, 7) is 0. The zero-order valence-electron chi connectivity index (χ0n) is 7.38. The molecule has 1 unspecified atom stereocenters. The molecule has 2 N–H and O–H groups in total. The molecule has 1 atom stereocenters. The summed E-state index contributed by atoms with van der Waals surface area (Å²) >= 11 is 0. The standard InChI is InChI=1S/C9H7F4NO/c10-7-2-1-5(8(14)4-15)3-6(7)9(11,12)13/h1-4,8H,14H2. The second-order valence-electron chi connectivity index (χ2n) is 2.90. The van der Waals surface area contributed by atoms with Crippen molar-refractivity contribution in [2.45, 2.75) is 12.2 Å². The lowest BCUT2D eigenvalue weighted by atomic mass is 10.0. The first-order valence-corrected chi connectivity index (χ1v) is 3.94. The normalized spacial score (nSPS) is 13.7. The van der Waals surface area contributed by atoms with Crippen LogP contribution in [0.2, 0.25) is 0 Å². The van der Waals surface area contributed by atoms with Crippen LogP contribution in [0.1, 0.15) is 17.2 Å². The average Bonchev–Trinajstić information content (AvgIpc) is 2.15. The van der Waals surface area contributed by atoms with Crippen molar-refractivity contribution in [1.82, 2.24) is 0 Å². The van der Waals surface area contributed by atoms with Crippen LogP contribution in [0.3, 0.4) is 0 Å². The van der Waals surface area contributed by atoms with Gasteiger partial charge in [-0.1, -0.05) is 6.07 Å². The first-order chi connectivity index (χ1) is 6.86. The topological polar surface area (TPSA) is 43.1 Å². The molecule has 1 aromatic carbocycles. The van der Waals surface area contributed by atoms with Crippen LogP contribution in [0.4, 0.5) is 17.6 Å². The quantitative estimate of drug-likeness (QED) is 0.613. The van der Waals surface area contributed by atoms with Gasteiger partial charge in [-0.15, -0.1) is 0 Å². The molecule has 0 heterocycles. The molecule has 0 aliphatic rings. The summed E-state index contributed by atoms with van der Waals surface area (Å²) in [6.07, 6.45) is -4.50. The molecule has 0 saturated carbocycles. The molecule has 0 aliphatic heterocycles. The van der Waals surface area contributed by atoms with Crippen LogP contribution < -0.4 is 5.73 Å². The zero-order chi connectivity index (χ0) is 11.6. The molecular weight excluding hydrogens is 214 g/mol. The molecule has 0 aliphatic carbocycles. The molecule has 0 radical (unpaired) electrons. The van der Waals surface area contributed by atoms with Crippen LogP contribution in [-0.4, -0.2) is 6.29 Å². The number of rotatable bonds is 2. The van der Waals surface area contributed by atoms with E-state index >= 15 is 0 Å². The van der Waals surface area contributed by atoms with E-state index in [-0.39, 0.29) is 11.8 Å². The average molecular weight is 221 g/mol. The van der Waals surface area contributed by atoms with Gasteiger partial charge in [0.15, 0.2) is 0 Å². The third-order valence-electron chi connectivity index (χ3n) is 1.83. The third-order valence-corrected chi connectivity index (χ3v) is 1.83. The van der Waals surface area contributed by atoms with E-state index in [0.29, 0.717) is 12.1 Å². The number of benzene rings is 1. The smallest absolute Gasteiger partial charge is 0.318 e. The van der Waals surface area contributed by atoms with Crippen molar-refractivity contribution in [1.29, 1.82) is 0 Å². The summed E-state index contributed by atoms with van der Waals surface area (Å²) in [6, 6.07) is 1.05. The van der Waals surface area contributed by atoms with Crippen LogP contribution in [0.5, 0.6) is 0 Å². The van der Waals surface area contributed by atoms with Crippen molar-refractivity contribution in [2.75, 3.05) is 0 Å². The summed E-state index contributed by atoms with van der Waals surface area (Å²) in [5.74, 6) is -1.38. The van der Waals surface area contributed by atoms with Gasteiger partial charge in [-0.2, -0.15) is 13.2 Å². The predicted octanol–water partition coefficient (Wildman–Crippen LogP) is 2.04. The Morgan fingerprint density at radius 1 is 1.33 bits per heavy atom. The van der Waals surface area contributed by atoms with E-state index in [0.717, 1.165) is 6.07 Å². The molecule has 82 valence electrons. The van der Waals surface area contributed by atoms with E-state index < -0.39 is 23.6 Å². The van der Waals surface area contributed by atoms with Crippen molar-refractivity contribution in [3.63, 3.8) is 0 Å². The van der Waals surface area contributed by atoms with Crippen molar-refractivity contribution in [3.8, 4) is 0 Å². The number of carbonyl (C=O) groups is 1. The molecule has 1 aromatic rings. The summed E-state index contributed by atoms with van der Waals surface area (Å²) in [5.41, 5.74) is 3.71. The van der Waals surface area contributed by atoms with Crippen molar-refractivity contribution >= 4 is 6.29 Å². The number of nitrogens with two attached hydrogens (primary N) is 1. The summed E-state index contributed by atoms with van der Waals surface area (Å²) < 4.78 is 49.5. The Kier molecular flexibility index (Phi) is 3.09. The number of alkyl halides is 3. The Bertz CT molecular complexity index is 375. The second-order valence-corrected chi connectivity index (χ2v) is 2.90. The molecule has 15 heavy (non-hydrogen) atoms. The van der Waals surface area contributed by atoms with Crippen LogP contribution in [0.25, 0.3) is 0 Å². The Morgan fingerprint density at radius 2 is 1.93 bits per heavy atom. The minimum atomic E-state index is -4.79. The minimum Gasteiger partial charge on any atom is -0.318 e. The van der Waals surface area contributed by atoms with E-state index in [4.69, 9.17) is 5.73 Å². The van der Waals surface area contributed by atoms with Gasteiger partial charge in [-0.25, -0.2) is 4.39 Å². The van der Waals surface area contributed by atoms with Gasteiger partial charge >= 0.3 is 6.18 Å². The fraction of sp³-hybridized carbons (Fsp3) is 0.222. The van der Waals surface area contributed by atoms with E-state index in [1.165, 1.54) is 0 Å². The Balaban J connectivity index is 3.22. The van der Waals surface area contributed by atoms with Gasteiger partial charge < -0.3 is 10.5 Å². The van der Waals surface area contributed by atoms with Crippen LogP contribution >= 0.6 is 0 Å². The number of halogens is 4. The highest BCUT2D eigenvalue weighted by Gasteiger charge is 2.34. The van der Waals surface area contributed by atoms with Gasteiger partial charge in [-0.3, -0.25) is 0 Å². The largest absolute Gasteiger partial charge is 0.419 e. The van der Waals surface area contributed by atoms with E-state index in [1.807, 2.05) is 0 Å². The molecule has 0 aromatic heterocycles. The monoisotopic (exact) mass is 221 g/mol. The Labute approximate surface area is 82.7 Å². The number of hydrogen-bond donors (Lipinski definition) is 1. The predicted molar refractivity (Wildman–Crippen MR) is 44.4 cm³/mol. The molecule has 0 amide bonds. The maximum atomic E-state index is 12.8. The van der Waals surface area contributed by atoms with E-state index in [2.05, 4.69) is 0 Å². The first kappa shape index (κ1) is 11.6. The van der Waals surface area contributed by atoms with Crippen LogP contribution in [-0.2, 0) is 11.0 Å². The molecule has 0 bridgehead atoms. The maximum absolute atomic E-state index is 12.8. The highest BCUT2D eigenvalue weighted by molar-refractivity contribution is 5.61. The Hall–Kier alpha value is -1.43. The van der Waals surface area contributed by atoms with Gasteiger partial charge in [0.05, 0.1) is 11.6 Å². The van der Waals surface area contributed by atoms with Gasteiger partial charge in [0.25, 0.3) is 0 Å². The van der Waals surface area contributed by atoms with Crippen LogP contribution in [0, 0.1) is 5.82 Å². The van der Waals surface area contributed by atoms with Gasteiger partial charge in [-0.05, 0) is 17.7 Å². The molecular formula is C9H7F4NO. The van der Waals surface area contributed by atoms with Crippen molar-refractivity contribution < 1.29 is 22.4 Å². The van der Waals surface area contributed by atoms with E-state index in [1.54, 1.807) is 0 Å². The number of aldehydes is 1. The lowest BCUT2D eigenvalue weighted by Gasteiger charge is -2.11. The lowest BCUT2D eigenvalue weighted by Crippen LogP contribution is -2.14. The summed E-state index contributed by atoms with van der Waals surface area (Å²) in [7, 11) is 0. The fourth-order valence-corrected chi connectivity index (χ4v) is 1.05. The van der Waals surface area contributed by atoms with Gasteiger partial charge in [0, 0.05) is 0 Å². The molecule has 0 spiro atoms. The highest BCUT2D eigenvalue weighted by atomic mass is 19.4. The van der Waals surface area contributed by atoms with Gasteiger partial charge in [0.1, 0.15) is 12.1 Å². The molecule has 2 nitrogen and oxygen atoms in total. The molecule has 1 rings (SSSR count). The first-order valence-electron chi connectivity index (χ1n) is 3.94. The second kappa shape index (κ2) is 3.98. The summed E-state index contributed by atoms with van der Waals surface area (Å²) in [4.78, 5) is 10.3. The van der Waals surface area contributed by atoms with Crippen molar-refractivity contribution in [3.05, 3.63) is 35.1 Å². The lowest BCUT2D eigenvalue weighted by molar-refractivity contribution is -0.140. The van der Waals surface area contributed by atoms with Gasteiger partial charge in [0.2, 0.25) is 0 Å². The molecule has 6 heteroatoms. The van der Waals surface area contributed by atoms with E-state index in [9.17, 15) is 22.4 Å². The third kappa shape index (κ3) is 2.53. The highest BCUT2D eigenvalue weighted by Crippen LogP contribution is 2.32. The maximum Gasteiger partial charge on any atom is 0.419 e. The zero-order valence-corrected chi connectivity index (χ0v) is 7.38. The van der Waals surface area contributed by atoms with Crippen LogP contribution in [0.15, 0.2) is 18.2 Å². The number of hydrogen-bond acceptors (Lipinski definition) is 2.